The highest BCUT2D eigenvalue weighted by Crippen LogP contribution is 2.50. The van der Waals surface area contributed by atoms with Crippen LogP contribution in [-0.4, -0.2) is 32.0 Å². The van der Waals surface area contributed by atoms with E-state index < -0.39 is 28.3 Å². The smallest absolute Gasteiger partial charge is 0.334 e. The lowest BCUT2D eigenvalue weighted by atomic mass is 9.66. The van der Waals surface area contributed by atoms with Gasteiger partial charge in [-0.2, -0.15) is 0 Å². The first-order chi connectivity index (χ1) is 18.6. The minimum Gasteiger partial charge on any atom is -0.478 e. The predicted octanol–water partition coefficient (Wildman–Crippen LogP) is 6.34. The minimum absolute atomic E-state index is 0.167. The number of nitrogens with zero attached hydrogens (tertiary/aromatic N) is 2. The van der Waals surface area contributed by atoms with Crippen molar-refractivity contribution in [3.05, 3.63) is 140 Å². The van der Waals surface area contributed by atoms with Gasteiger partial charge in [-0.3, -0.25) is 10.1 Å². The zero-order valence-corrected chi connectivity index (χ0v) is 21.7. The third kappa shape index (κ3) is 4.96. The number of hydrogen-bond donors (Lipinski definition) is 2. The summed E-state index contributed by atoms with van der Waals surface area (Å²) in [6.07, 6.45) is 3.82. The Bertz CT molecular complexity index is 1480. The molecule has 3 aromatic rings. The summed E-state index contributed by atoms with van der Waals surface area (Å²) in [5.41, 5.74) is 0.388. The lowest BCUT2D eigenvalue weighted by Gasteiger charge is -2.45. The summed E-state index contributed by atoms with van der Waals surface area (Å²) in [4.78, 5) is 38.4. The molecule has 1 atom stereocenters. The molecule has 0 radical (unpaired) electrons. The second-order valence-electron chi connectivity index (χ2n) is 9.46. The van der Waals surface area contributed by atoms with Crippen LogP contribution in [-0.2, 0) is 15.0 Å². The molecule has 2 N–H and O–H groups in total. The molecule has 1 aliphatic heterocycles. The Morgan fingerprint density at radius 1 is 0.872 bits per heavy atom. The molecule has 0 bridgehead atoms. The largest absolute Gasteiger partial charge is 0.478 e. The number of carboxylic acid groups (broad SMARTS) is 2. The zero-order chi connectivity index (χ0) is 28.3. The van der Waals surface area contributed by atoms with Crippen LogP contribution < -0.4 is 0 Å². The van der Waals surface area contributed by atoms with Crippen molar-refractivity contribution in [2.75, 3.05) is 0 Å². The van der Waals surface area contributed by atoms with Crippen molar-refractivity contribution in [1.82, 2.24) is 4.90 Å². The molecule has 8 heteroatoms. The third-order valence-corrected chi connectivity index (χ3v) is 7.20. The van der Waals surface area contributed by atoms with Crippen molar-refractivity contribution in [1.29, 1.82) is 0 Å². The van der Waals surface area contributed by atoms with Gasteiger partial charge in [0.25, 0.3) is 5.69 Å². The number of carbonyl (C=O) groups is 2. The molecule has 1 unspecified atom stereocenters. The van der Waals surface area contributed by atoms with Crippen molar-refractivity contribution >= 4 is 23.7 Å². The van der Waals surface area contributed by atoms with Gasteiger partial charge in [0.05, 0.1) is 27.5 Å². The second kappa shape index (κ2) is 10.8. The number of allylic oxidation sites excluding steroid dienone is 2. The van der Waals surface area contributed by atoms with E-state index in [-0.39, 0.29) is 22.4 Å². The molecule has 0 saturated heterocycles. The molecule has 3 aromatic carbocycles. The van der Waals surface area contributed by atoms with E-state index in [0.717, 1.165) is 11.1 Å². The molecule has 0 spiro atoms. The number of rotatable bonds is 8. The van der Waals surface area contributed by atoms with Crippen LogP contribution in [0.2, 0.25) is 0 Å². The van der Waals surface area contributed by atoms with Gasteiger partial charge < -0.3 is 15.1 Å². The quantitative estimate of drug-likeness (QED) is 0.260. The summed E-state index contributed by atoms with van der Waals surface area (Å²) >= 11 is 0. The van der Waals surface area contributed by atoms with E-state index in [4.69, 9.17) is 0 Å². The number of hydrogen-bond acceptors (Lipinski definition) is 5. The zero-order valence-electron chi connectivity index (χ0n) is 21.7. The van der Waals surface area contributed by atoms with Crippen LogP contribution in [0.1, 0.15) is 43.5 Å². The van der Waals surface area contributed by atoms with Crippen LogP contribution in [0.15, 0.2) is 114 Å². The van der Waals surface area contributed by atoms with Crippen molar-refractivity contribution in [2.45, 2.75) is 32.2 Å². The van der Waals surface area contributed by atoms with Crippen LogP contribution in [0.5, 0.6) is 0 Å². The van der Waals surface area contributed by atoms with E-state index in [0.29, 0.717) is 11.4 Å². The lowest BCUT2D eigenvalue weighted by molar-refractivity contribution is -0.385. The molecule has 198 valence electrons. The molecule has 4 rings (SSSR count). The van der Waals surface area contributed by atoms with Crippen LogP contribution in [0.25, 0.3) is 6.08 Å². The Hall–Kier alpha value is -4.98. The number of non-ortho nitro benzene ring substituents is 1. The predicted molar refractivity (Wildman–Crippen MR) is 148 cm³/mol. The second-order valence-corrected chi connectivity index (χ2v) is 9.46. The molecule has 1 aliphatic rings. The molecular formula is C31H28N2O6. The van der Waals surface area contributed by atoms with Gasteiger partial charge in [0, 0.05) is 23.5 Å². The highest BCUT2D eigenvalue weighted by Gasteiger charge is 2.50. The Morgan fingerprint density at radius 3 is 1.92 bits per heavy atom. The summed E-state index contributed by atoms with van der Waals surface area (Å²) in [6, 6.07) is 23.9. The average Bonchev–Trinajstić information content (AvgIpc) is 2.91. The van der Waals surface area contributed by atoms with E-state index in [1.54, 1.807) is 18.7 Å². The maximum atomic E-state index is 12.9. The number of benzene rings is 3. The first kappa shape index (κ1) is 27.1. The molecule has 0 saturated carbocycles. The number of nitro groups is 1. The van der Waals surface area contributed by atoms with E-state index in [1.165, 1.54) is 31.2 Å². The summed E-state index contributed by atoms with van der Waals surface area (Å²) in [7, 11) is 0. The van der Waals surface area contributed by atoms with Crippen molar-refractivity contribution in [3.63, 3.8) is 0 Å². The fourth-order valence-electron chi connectivity index (χ4n) is 5.48. The monoisotopic (exact) mass is 524 g/mol. The van der Waals surface area contributed by atoms with Crippen LogP contribution >= 0.6 is 0 Å². The first-order valence-corrected chi connectivity index (χ1v) is 12.3. The van der Waals surface area contributed by atoms with Gasteiger partial charge in [0.15, 0.2) is 0 Å². The van der Waals surface area contributed by atoms with Gasteiger partial charge in [-0.05, 0) is 37.5 Å². The van der Waals surface area contributed by atoms with E-state index >= 15 is 0 Å². The van der Waals surface area contributed by atoms with Crippen molar-refractivity contribution < 1.29 is 24.7 Å². The van der Waals surface area contributed by atoms with Crippen LogP contribution in [0.3, 0.4) is 0 Å². The Balaban J connectivity index is 2.01. The summed E-state index contributed by atoms with van der Waals surface area (Å²) in [5.74, 6) is -2.62. The molecule has 0 amide bonds. The maximum Gasteiger partial charge on any atom is 0.334 e. The van der Waals surface area contributed by atoms with E-state index in [2.05, 4.69) is 0 Å². The molecule has 0 fully saturated rings. The highest BCUT2D eigenvalue weighted by molar-refractivity contribution is 6.00. The van der Waals surface area contributed by atoms with Gasteiger partial charge in [-0.15, -0.1) is 0 Å². The SMILES string of the molecule is CC1=C(C(=O)O)C(C)(c2cccc([N+](=O)[O-])c2)C(C(=O)O)=C(C)N1C(C=Cc1ccccc1)c1ccccc1. The van der Waals surface area contributed by atoms with Gasteiger partial charge in [0.1, 0.15) is 0 Å². The van der Waals surface area contributed by atoms with Gasteiger partial charge in [-0.25, -0.2) is 9.59 Å². The van der Waals surface area contributed by atoms with Gasteiger partial charge in [0.2, 0.25) is 0 Å². The van der Waals surface area contributed by atoms with Crippen molar-refractivity contribution in [2.24, 2.45) is 0 Å². The number of carboxylic acids is 2. The number of nitro benzene ring substituents is 1. The fourth-order valence-corrected chi connectivity index (χ4v) is 5.48. The van der Waals surface area contributed by atoms with Crippen LogP contribution in [0.4, 0.5) is 5.69 Å². The highest BCUT2D eigenvalue weighted by atomic mass is 16.6. The van der Waals surface area contributed by atoms with Gasteiger partial charge in [-0.1, -0.05) is 84.9 Å². The number of aliphatic carboxylic acids is 2. The lowest BCUT2D eigenvalue weighted by Crippen LogP contribution is -2.44. The third-order valence-electron chi connectivity index (χ3n) is 7.20. The van der Waals surface area contributed by atoms with E-state index in [1.807, 2.05) is 72.8 Å². The molecule has 8 nitrogen and oxygen atoms in total. The first-order valence-electron chi connectivity index (χ1n) is 12.3. The maximum absolute atomic E-state index is 12.9. The molecular weight excluding hydrogens is 496 g/mol. The Labute approximate surface area is 226 Å². The molecule has 1 heterocycles. The van der Waals surface area contributed by atoms with Crippen LogP contribution in [0, 0.1) is 10.1 Å². The topological polar surface area (TPSA) is 121 Å². The minimum atomic E-state index is -1.67. The molecule has 0 aliphatic carbocycles. The summed E-state index contributed by atoms with van der Waals surface area (Å²) < 4.78 is 0. The molecule has 0 aromatic heterocycles. The summed E-state index contributed by atoms with van der Waals surface area (Å²) in [6.45, 7) is 4.79. The average molecular weight is 525 g/mol. The Morgan fingerprint density at radius 2 is 1.41 bits per heavy atom. The Kier molecular flexibility index (Phi) is 7.49. The summed E-state index contributed by atoms with van der Waals surface area (Å²) in [5, 5.41) is 32.5. The fraction of sp³-hybridized carbons (Fsp3) is 0.161. The van der Waals surface area contributed by atoms with Crippen molar-refractivity contribution in [3.8, 4) is 0 Å². The van der Waals surface area contributed by atoms with Gasteiger partial charge >= 0.3 is 11.9 Å². The normalized spacial score (nSPS) is 15.9. The standard InChI is InChI=1S/C31H28N2O6/c1-20-27(29(34)35)31(3,24-15-10-16-25(19-24)33(38)39)28(30(36)37)21(2)32(20)26(23-13-8-5-9-14-23)18-17-22-11-6-4-7-12-22/h4-19,26H,1-3H3,(H,34,35)(H,36,37). The van der Waals surface area contributed by atoms with E-state index in [9.17, 15) is 29.9 Å². The molecule has 39 heavy (non-hydrogen) atoms.